The number of aromatic amines is 1. The summed E-state index contributed by atoms with van der Waals surface area (Å²) in [5.74, 6) is 0.950. The predicted molar refractivity (Wildman–Crippen MR) is 118 cm³/mol. The molecule has 2 aromatic rings. The summed E-state index contributed by atoms with van der Waals surface area (Å²) in [5, 5.41) is 2.75. The Morgan fingerprint density at radius 3 is 2.53 bits per heavy atom. The van der Waals surface area contributed by atoms with Crippen molar-refractivity contribution >= 4 is 27.7 Å². The number of nitrogens with one attached hydrogen (secondary N) is 2. The number of rotatable bonds is 7. The number of hydrogen-bond acceptors (Lipinski definition) is 4. The maximum Gasteiger partial charge on any atom is 0.416 e. The first-order valence-electron chi connectivity index (χ1n) is 10.2. The van der Waals surface area contributed by atoms with Crippen molar-refractivity contribution in [2.75, 3.05) is 24.6 Å². The second kappa shape index (κ2) is 9.88. The van der Waals surface area contributed by atoms with Crippen molar-refractivity contribution in [3.05, 3.63) is 53.3 Å². The second-order valence-electron chi connectivity index (χ2n) is 8.04. The number of amides is 1. The summed E-state index contributed by atoms with van der Waals surface area (Å²) in [6.07, 6.45) is -2.80. The molecule has 0 saturated carbocycles. The fourth-order valence-electron chi connectivity index (χ4n) is 3.51. The van der Waals surface area contributed by atoms with Gasteiger partial charge in [0.15, 0.2) is 0 Å². The maximum atomic E-state index is 13.1. The molecule has 1 aliphatic rings. The van der Waals surface area contributed by atoms with Gasteiger partial charge in [-0.1, -0.05) is 26.0 Å². The van der Waals surface area contributed by atoms with E-state index in [1.165, 1.54) is 22.6 Å². The quantitative estimate of drug-likeness (QED) is 0.608. The Morgan fingerprint density at radius 1 is 1.22 bits per heavy atom. The van der Waals surface area contributed by atoms with Crippen molar-refractivity contribution in [2.24, 2.45) is 5.92 Å². The van der Waals surface area contributed by atoms with Gasteiger partial charge in [-0.25, -0.2) is 8.42 Å². The minimum Gasteiger partial charge on any atom is -0.356 e. The van der Waals surface area contributed by atoms with Gasteiger partial charge < -0.3 is 10.3 Å². The predicted octanol–water partition coefficient (Wildman–Crippen LogP) is 4.29. The Kier molecular flexibility index (Phi) is 7.61. The molecule has 1 aromatic heterocycles. The van der Waals surface area contributed by atoms with Crippen LogP contribution in [0.3, 0.4) is 0 Å². The molecule has 1 amide bonds. The highest BCUT2D eigenvalue weighted by Crippen LogP contribution is 2.32. The van der Waals surface area contributed by atoms with Gasteiger partial charge in [0.25, 0.3) is 5.91 Å². The van der Waals surface area contributed by atoms with Gasteiger partial charge in [0.2, 0.25) is 10.0 Å². The number of carbonyl (C=O) groups is 1. The summed E-state index contributed by atoms with van der Waals surface area (Å²) in [6, 6.07) is 5.48. The lowest BCUT2D eigenvalue weighted by Crippen LogP contribution is -2.37. The summed E-state index contributed by atoms with van der Waals surface area (Å²) >= 11 is 1.68. The van der Waals surface area contributed by atoms with Crippen LogP contribution in [0.1, 0.15) is 47.9 Å². The van der Waals surface area contributed by atoms with E-state index in [0.29, 0.717) is 36.6 Å². The molecule has 0 spiro atoms. The molecule has 0 bridgehead atoms. The summed E-state index contributed by atoms with van der Waals surface area (Å²) in [7, 11) is -3.71. The zero-order valence-electron chi connectivity index (χ0n) is 17.8. The van der Waals surface area contributed by atoms with E-state index >= 15 is 0 Å². The van der Waals surface area contributed by atoms with Crippen molar-refractivity contribution in [1.29, 1.82) is 0 Å². The van der Waals surface area contributed by atoms with E-state index in [1.807, 2.05) is 13.8 Å². The first kappa shape index (κ1) is 24.7. The van der Waals surface area contributed by atoms with Crippen LogP contribution in [0.5, 0.6) is 0 Å². The number of thioether (sulfide) groups is 1. The van der Waals surface area contributed by atoms with Gasteiger partial charge in [-0.15, -0.1) is 0 Å². The van der Waals surface area contributed by atoms with Crippen molar-refractivity contribution in [1.82, 2.24) is 14.6 Å². The summed E-state index contributed by atoms with van der Waals surface area (Å²) in [5.41, 5.74) is -0.409. The standard InChI is InChI=1S/C21H26F3N3O3S2/c1-14(2)10-18(15-4-3-5-16(11-15)21(22,23)24)26-20(28)19-12-17(13-25-19)32(29,30)27-6-8-31-9-7-27/h3-5,11-14,18,25H,6-10H2,1-2H3,(H,26,28). The average molecular weight is 490 g/mol. The van der Waals surface area contributed by atoms with Crippen molar-refractivity contribution in [3.8, 4) is 0 Å². The van der Waals surface area contributed by atoms with Gasteiger partial charge in [-0.3, -0.25) is 4.79 Å². The first-order valence-corrected chi connectivity index (χ1v) is 12.8. The SMILES string of the molecule is CC(C)CC(NC(=O)c1cc(S(=O)(=O)N2CCSCC2)c[nH]1)c1cccc(C(F)(F)F)c1. The molecule has 11 heteroatoms. The number of nitrogens with zero attached hydrogens (tertiary/aromatic N) is 1. The zero-order valence-corrected chi connectivity index (χ0v) is 19.4. The van der Waals surface area contributed by atoms with Gasteiger partial charge in [0.05, 0.1) is 11.6 Å². The summed E-state index contributed by atoms with van der Waals surface area (Å²) in [4.78, 5) is 15.5. The summed E-state index contributed by atoms with van der Waals surface area (Å²) in [6.45, 7) is 4.63. The van der Waals surface area contributed by atoms with Crippen molar-refractivity contribution < 1.29 is 26.4 Å². The van der Waals surface area contributed by atoms with Crippen molar-refractivity contribution in [3.63, 3.8) is 0 Å². The Morgan fingerprint density at radius 2 is 1.91 bits per heavy atom. The zero-order chi connectivity index (χ0) is 23.5. The number of carbonyl (C=O) groups excluding carboxylic acids is 1. The summed E-state index contributed by atoms with van der Waals surface area (Å²) < 4.78 is 66.4. The van der Waals surface area contributed by atoms with Crippen LogP contribution < -0.4 is 5.32 Å². The van der Waals surface area contributed by atoms with Crippen LogP contribution in [0, 0.1) is 5.92 Å². The largest absolute Gasteiger partial charge is 0.416 e. The molecule has 0 radical (unpaired) electrons. The Balaban J connectivity index is 1.80. The smallest absolute Gasteiger partial charge is 0.356 e. The lowest BCUT2D eigenvalue weighted by Gasteiger charge is -2.25. The van der Waals surface area contributed by atoms with Crippen LogP contribution in [0.4, 0.5) is 13.2 Å². The Labute approximate surface area is 190 Å². The molecule has 3 rings (SSSR count). The van der Waals surface area contributed by atoms with Crippen LogP contribution in [0.2, 0.25) is 0 Å². The molecule has 176 valence electrons. The Bertz CT molecular complexity index is 1050. The van der Waals surface area contributed by atoms with Gasteiger partial charge in [0.1, 0.15) is 10.6 Å². The molecular formula is C21H26F3N3O3S2. The highest BCUT2D eigenvalue weighted by atomic mass is 32.2. The van der Waals surface area contributed by atoms with Gasteiger partial charge >= 0.3 is 6.18 Å². The molecule has 1 saturated heterocycles. The van der Waals surface area contributed by atoms with E-state index in [4.69, 9.17) is 0 Å². The van der Waals surface area contributed by atoms with Crippen LogP contribution in [-0.2, 0) is 16.2 Å². The van der Waals surface area contributed by atoms with E-state index < -0.39 is 33.7 Å². The molecular weight excluding hydrogens is 463 g/mol. The third-order valence-electron chi connectivity index (χ3n) is 5.14. The molecule has 2 N–H and O–H groups in total. The van der Waals surface area contributed by atoms with Gasteiger partial charge in [0, 0.05) is 30.8 Å². The number of aromatic nitrogens is 1. The van der Waals surface area contributed by atoms with Gasteiger partial charge in [-0.2, -0.15) is 29.2 Å². The highest BCUT2D eigenvalue weighted by Gasteiger charge is 2.32. The van der Waals surface area contributed by atoms with E-state index in [2.05, 4.69) is 10.3 Å². The molecule has 0 aliphatic carbocycles. The van der Waals surface area contributed by atoms with E-state index in [9.17, 15) is 26.4 Å². The van der Waals surface area contributed by atoms with Crippen LogP contribution in [0.15, 0.2) is 41.4 Å². The minimum absolute atomic E-state index is 0.00553. The Hall–Kier alpha value is -1.98. The number of alkyl halides is 3. The van der Waals surface area contributed by atoms with E-state index in [-0.39, 0.29) is 16.5 Å². The molecule has 1 aliphatic heterocycles. The highest BCUT2D eigenvalue weighted by molar-refractivity contribution is 7.99. The minimum atomic E-state index is -4.49. The fraction of sp³-hybridized carbons (Fsp3) is 0.476. The van der Waals surface area contributed by atoms with Crippen LogP contribution >= 0.6 is 11.8 Å². The fourth-order valence-corrected chi connectivity index (χ4v) is 6.08. The second-order valence-corrected chi connectivity index (χ2v) is 11.2. The molecule has 32 heavy (non-hydrogen) atoms. The number of H-pyrrole nitrogens is 1. The third-order valence-corrected chi connectivity index (χ3v) is 7.96. The average Bonchev–Trinajstić information content (AvgIpc) is 3.24. The first-order chi connectivity index (χ1) is 15.0. The molecule has 1 unspecified atom stereocenters. The van der Waals surface area contributed by atoms with E-state index in [1.54, 1.807) is 17.8 Å². The number of sulfonamides is 1. The molecule has 1 aromatic carbocycles. The van der Waals surface area contributed by atoms with Gasteiger partial charge in [-0.05, 0) is 36.1 Å². The lowest BCUT2D eigenvalue weighted by molar-refractivity contribution is -0.137. The maximum absolute atomic E-state index is 13.1. The van der Waals surface area contributed by atoms with Crippen LogP contribution in [-0.4, -0.2) is 48.2 Å². The molecule has 1 atom stereocenters. The van der Waals surface area contributed by atoms with E-state index in [0.717, 1.165) is 12.1 Å². The number of halogens is 3. The normalized spacial score (nSPS) is 16.8. The molecule has 2 heterocycles. The monoisotopic (exact) mass is 489 g/mol. The van der Waals surface area contributed by atoms with Crippen LogP contribution in [0.25, 0.3) is 0 Å². The third kappa shape index (κ3) is 5.87. The number of benzene rings is 1. The lowest BCUT2D eigenvalue weighted by atomic mass is 9.95. The van der Waals surface area contributed by atoms with Crippen molar-refractivity contribution in [2.45, 2.75) is 37.4 Å². The number of hydrogen-bond donors (Lipinski definition) is 2. The topological polar surface area (TPSA) is 82.3 Å². The molecule has 6 nitrogen and oxygen atoms in total. The molecule has 1 fully saturated rings.